The molecule has 0 aromatic heterocycles. The largest absolute Gasteiger partial charge is 0.374 e. The SMILES string of the molecule is CCC(Nc1ccc(C)c(Br)c1)C(N)=O. The van der Waals surface area contributed by atoms with Crippen molar-refractivity contribution >= 4 is 27.5 Å². The molecule has 0 aliphatic rings. The van der Waals surface area contributed by atoms with E-state index in [9.17, 15) is 4.79 Å². The topological polar surface area (TPSA) is 55.1 Å². The first kappa shape index (κ1) is 12.0. The lowest BCUT2D eigenvalue weighted by Crippen LogP contribution is -2.34. The van der Waals surface area contributed by atoms with Gasteiger partial charge in [-0.3, -0.25) is 4.79 Å². The lowest BCUT2D eigenvalue weighted by molar-refractivity contribution is -0.118. The first-order chi connectivity index (χ1) is 7.04. The molecule has 1 atom stereocenters. The van der Waals surface area contributed by atoms with Gasteiger partial charge in [-0.25, -0.2) is 0 Å². The van der Waals surface area contributed by atoms with Crippen molar-refractivity contribution in [3.63, 3.8) is 0 Å². The zero-order valence-electron chi connectivity index (χ0n) is 8.88. The summed E-state index contributed by atoms with van der Waals surface area (Å²) in [5.41, 5.74) is 7.31. The predicted molar refractivity (Wildman–Crippen MR) is 65.8 cm³/mol. The van der Waals surface area contributed by atoms with Crippen LogP contribution in [0.2, 0.25) is 0 Å². The Bertz CT molecular complexity index is 366. The molecule has 1 rings (SSSR count). The van der Waals surface area contributed by atoms with Crippen LogP contribution in [-0.4, -0.2) is 11.9 Å². The maximum Gasteiger partial charge on any atom is 0.239 e. The highest BCUT2D eigenvalue weighted by molar-refractivity contribution is 9.10. The Hall–Kier alpha value is -1.03. The molecule has 1 aromatic carbocycles. The highest BCUT2D eigenvalue weighted by Crippen LogP contribution is 2.21. The fourth-order valence-electron chi connectivity index (χ4n) is 1.26. The van der Waals surface area contributed by atoms with E-state index in [-0.39, 0.29) is 11.9 Å². The zero-order chi connectivity index (χ0) is 11.4. The number of aryl methyl sites for hydroxylation is 1. The quantitative estimate of drug-likeness (QED) is 0.883. The van der Waals surface area contributed by atoms with Gasteiger partial charge in [0.1, 0.15) is 6.04 Å². The first-order valence-electron chi connectivity index (χ1n) is 4.86. The van der Waals surface area contributed by atoms with Gasteiger partial charge in [-0.15, -0.1) is 0 Å². The highest BCUT2D eigenvalue weighted by Gasteiger charge is 2.12. The predicted octanol–water partition coefficient (Wildman–Crippen LogP) is 2.43. The van der Waals surface area contributed by atoms with E-state index in [0.29, 0.717) is 6.42 Å². The van der Waals surface area contributed by atoms with E-state index in [2.05, 4.69) is 21.2 Å². The molecule has 0 radical (unpaired) electrons. The van der Waals surface area contributed by atoms with Crippen LogP contribution in [0.25, 0.3) is 0 Å². The number of primary amides is 1. The number of nitrogens with one attached hydrogen (secondary N) is 1. The Kier molecular flexibility index (Phi) is 4.15. The third-order valence-corrected chi connectivity index (χ3v) is 3.12. The van der Waals surface area contributed by atoms with Crippen molar-refractivity contribution in [3.8, 4) is 0 Å². The van der Waals surface area contributed by atoms with E-state index in [1.54, 1.807) is 0 Å². The smallest absolute Gasteiger partial charge is 0.239 e. The molecule has 0 aliphatic carbocycles. The van der Waals surface area contributed by atoms with Gasteiger partial charge in [-0.1, -0.05) is 28.9 Å². The molecule has 4 heteroatoms. The Morgan fingerprint density at radius 3 is 2.73 bits per heavy atom. The molecule has 3 N–H and O–H groups in total. The van der Waals surface area contributed by atoms with E-state index < -0.39 is 0 Å². The Morgan fingerprint density at radius 1 is 1.60 bits per heavy atom. The monoisotopic (exact) mass is 270 g/mol. The van der Waals surface area contributed by atoms with Crippen molar-refractivity contribution in [2.45, 2.75) is 26.3 Å². The van der Waals surface area contributed by atoms with Gasteiger partial charge < -0.3 is 11.1 Å². The van der Waals surface area contributed by atoms with Gasteiger partial charge in [0, 0.05) is 10.2 Å². The van der Waals surface area contributed by atoms with Crippen molar-refractivity contribution in [1.82, 2.24) is 0 Å². The minimum absolute atomic E-state index is 0.306. The molecule has 0 fully saturated rings. The van der Waals surface area contributed by atoms with Gasteiger partial charge in [-0.2, -0.15) is 0 Å². The second kappa shape index (κ2) is 5.16. The van der Waals surface area contributed by atoms with Crippen molar-refractivity contribution < 1.29 is 4.79 Å². The molecule has 0 spiro atoms. The number of hydrogen-bond acceptors (Lipinski definition) is 2. The average Bonchev–Trinajstić information content (AvgIpc) is 2.19. The summed E-state index contributed by atoms with van der Waals surface area (Å²) in [6, 6.07) is 5.56. The molecule has 0 heterocycles. The summed E-state index contributed by atoms with van der Waals surface area (Å²) in [5.74, 6) is -0.325. The van der Waals surface area contributed by atoms with Crippen LogP contribution in [0, 0.1) is 6.92 Å². The second-order valence-corrected chi connectivity index (χ2v) is 4.33. The normalized spacial score (nSPS) is 12.2. The third kappa shape index (κ3) is 3.23. The van der Waals surface area contributed by atoms with Crippen LogP contribution in [-0.2, 0) is 4.79 Å². The minimum atomic E-state index is -0.325. The van der Waals surface area contributed by atoms with Gasteiger partial charge in [-0.05, 0) is 31.0 Å². The van der Waals surface area contributed by atoms with E-state index >= 15 is 0 Å². The van der Waals surface area contributed by atoms with Crippen molar-refractivity contribution in [2.24, 2.45) is 5.73 Å². The Balaban J connectivity index is 2.80. The van der Waals surface area contributed by atoms with E-state index in [1.165, 1.54) is 0 Å². The molecule has 0 bridgehead atoms. The summed E-state index contributed by atoms with van der Waals surface area (Å²) < 4.78 is 1.02. The number of amides is 1. The van der Waals surface area contributed by atoms with Crippen molar-refractivity contribution in [3.05, 3.63) is 28.2 Å². The number of carbonyl (C=O) groups excluding carboxylic acids is 1. The molecular formula is C11H15BrN2O. The molecule has 0 saturated carbocycles. The van der Waals surface area contributed by atoms with Crippen LogP contribution in [0.5, 0.6) is 0 Å². The third-order valence-electron chi connectivity index (χ3n) is 2.26. The Morgan fingerprint density at radius 2 is 2.27 bits per heavy atom. The molecule has 82 valence electrons. The van der Waals surface area contributed by atoms with Gasteiger partial charge in [0.15, 0.2) is 0 Å². The lowest BCUT2D eigenvalue weighted by atomic mass is 10.2. The van der Waals surface area contributed by atoms with Gasteiger partial charge in [0.05, 0.1) is 0 Å². The van der Waals surface area contributed by atoms with Crippen LogP contribution in [0.1, 0.15) is 18.9 Å². The zero-order valence-corrected chi connectivity index (χ0v) is 10.5. The van der Waals surface area contributed by atoms with Crippen molar-refractivity contribution in [1.29, 1.82) is 0 Å². The van der Waals surface area contributed by atoms with E-state index in [1.807, 2.05) is 32.0 Å². The van der Waals surface area contributed by atoms with Crippen LogP contribution in [0.15, 0.2) is 22.7 Å². The highest BCUT2D eigenvalue weighted by atomic mass is 79.9. The fourth-order valence-corrected chi connectivity index (χ4v) is 1.64. The van der Waals surface area contributed by atoms with E-state index in [4.69, 9.17) is 5.73 Å². The second-order valence-electron chi connectivity index (χ2n) is 3.47. The van der Waals surface area contributed by atoms with E-state index in [0.717, 1.165) is 15.7 Å². The average molecular weight is 271 g/mol. The van der Waals surface area contributed by atoms with Crippen LogP contribution in [0.3, 0.4) is 0 Å². The summed E-state index contributed by atoms with van der Waals surface area (Å²) in [4.78, 5) is 11.0. The maximum absolute atomic E-state index is 11.0. The van der Waals surface area contributed by atoms with Gasteiger partial charge in [0.25, 0.3) is 0 Å². The standard InChI is InChI=1S/C11H15BrN2O/c1-3-10(11(13)15)14-8-5-4-7(2)9(12)6-8/h4-6,10,14H,3H2,1-2H3,(H2,13,15). The van der Waals surface area contributed by atoms with Crippen LogP contribution >= 0.6 is 15.9 Å². The van der Waals surface area contributed by atoms with Gasteiger partial charge in [0.2, 0.25) is 5.91 Å². The fraction of sp³-hybridized carbons (Fsp3) is 0.364. The number of carbonyl (C=O) groups is 1. The molecule has 1 amide bonds. The maximum atomic E-state index is 11.0. The Labute approximate surface area is 98.2 Å². The molecule has 0 saturated heterocycles. The molecule has 1 aromatic rings. The summed E-state index contributed by atoms with van der Waals surface area (Å²) in [6.07, 6.45) is 0.681. The number of rotatable bonds is 4. The molecule has 3 nitrogen and oxygen atoms in total. The van der Waals surface area contributed by atoms with Crippen molar-refractivity contribution in [2.75, 3.05) is 5.32 Å². The first-order valence-corrected chi connectivity index (χ1v) is 5.66. The lowest BCUT2D eigenvalue weighted by Gasteiger charge is -2.15. The molecule has 15 heavy (non-hydrogen) atoms. The van der Waals surface area contributed by atoms with Crippen LogP contribution in [0.4, 0.5) is 5.69 Å². The van der Waals surface area contributed by atoms with Gasteiger partial charge >= 0.3 is 0 Å². The number of halogens is 1. The number of nitrogens with two attached hydrogens (primary N) is 1. The summed E-state index contributed by atoms with van der Waals surface area (Å²) in [6.45, 7) is 3.94. The summed E-state index contributed by atoms with van der Waals surface area (Å²) in [5, 5.41) is 3.09. The number of hydrogen-bond donors (Lipinski definition) is 2. The summed E-state index contributed by atoms with van der Waals surface area (Å²) in [7, 11) is 0. The molecule has 0 aliphatic heterocycles. The number of benzene rings is 1. The molecular weight excluding hydrogens is 256 g/mol. The summed E-state index contributed by atoms with van der Waals surface area (Å²) >= 11 is 3.44. The molecule has 1 unspecified atom stereocenters. The minimum Gasteiger partial charge on any atom is -0.374 e. The van der Waals surface area contributed by atoms with Crippen LogP contribution < -0.4 is 11.1 Å². The number of anilines is 1.